The van der Waals surface area contributed by atoms with E-state index in [-0.39, 0.29) is 19.1 Å². The van der Waals surface area contributed by atoms with E-state index in [0.29, 0.717) is 18.5 Å². The number of benzene rings is 3. The number of carbonyl (C=O) groups excluding carboxylic acids is 2. The summed E-state index contributed by atoms with van der Waals surface area (Å²) in [4.78, 5) is 29.4. The smallest absolute Gasteiger partial charge is 0.326 e. The number of rotatable bonds is 8. The van der Waals surface area contributed by atoms with Gasteiger partial charge in [-0.05, 0) is 35.7 Å². The number of imidazole rings is 1. The lowest BCUT2D eigenvalue weighted by Crippen LogP contribution is -2.24. The highest BCUT2D eigenvalue weighted by Crippen LogP contribution is 2.19. The summed E-state index contributed by atoms with van der Waals surface area (Å²) in [6, 6.07) is 25.3. The summed E-state index contributed by atoms with van der Waals surface area (Å²) in [5.41, 5.74) is 4.58. The molecule has 1 heterocycles. The van der Waals surface area contributed by atoms with Crippen molar-refractivity contribution >= 4 is 28.6 Å². The van der Waals surface area contributed by atoms with Crippen molar-refractivity contribution in [1.29, 1.82) is 0 Å². The van der Waals surface area contributed by atoms with Gasteiger partial charge in [-0.25, -0.2) is 4.98 Å². The fourth-order valence-corrected chi connectivity index (χ4v) is 3.69. The lowest BCUT2D eigenvalue weighted by Gasteiger charge is -2.12. The van der Waals surface area contributed by atoms with Gasteiger partial charge in [0.1, 0.15) is 12.4 Å². The summed E-state index contributed by atoms with van der Waals surface area (Å²) in [7, 11) is 0. The van der Waals surface area contributed by atoms with Crippen LogP contribution in [0.4, 0.5) is 5.69 Å². The molecule has 0 atom stereocenters. The second-order valence-electron chi connectivity index (χ2n) is 7.48. The molecule has 1 aromatic heterocycles. The van der Waals surface area contributed by atoms with Crippen LogP contribution in [0.15, 0.2) is 78.9 Å². The summed E-state index contributed by atoms with van der Waals surface area (Å²) in [6.45, 7) is 1.66. The van der Waals surface area contributed by atoms with E-state index in [1.165, 1.54) is 0 Å². The monoisotopic (exact) mass is 427 g/mol. The molecule has 6 heteroatoms. The quantitative estimate of drug-likeness (QED) is 0.424. The summed E-state index contributed by atoms with van der Waals surface area (Å²) in [6.07, 6.45) is 1.39. The summed E-state index contributed by atoms with van der Waals surface area (Å²) in [5, 5.41) is 2.86. The van der Waals surface area contributed by atoms with Gasteiger partial charge in [0, 0.05) is 12.1 Å². The SMILES string of the molecule is CCc1nc2ccccc2n1CC(=O)OCC(=O)Nc1ccccc1Cc1ccccc1. The number of hydrogen-bond donors (Lipinski definition) is 1. The molecule has 0 spiro atoms. The minimum absolute atomic E-state index is 0.0154. The standard InChI is InChI=1S/C26H25N3O3/c1-2-24-27-22-14-8-9-15-23(22)29(24)17-26(31)32-18-25(30)28-21-13-7-6-12-20(21)16-19-10-4-3-5-11-19/h3-15H,2,16-18H2,1H3,(H,28,30). The van der Waals surface area contributed by atoms with Crippen LogP contribution in [0.2, 0.25) is 0 Å². The van der Waals surface area contributed by atoms with Crippen molar-refractivity contribution in [3.8, 4) is 0 Å². The number of esters is 1. The maximum Gasteiger partial charge on any atom is 0.326 e. The number of aromatic nitrogens is 2. The van der Waals surface area contributed by atoms with Gasteiger partial charge in [-0.3, -0.25) is 9.59 Å². The van der Waals surface area contributed by atoms with Crippen molar-refractivity contribution in [2.24, 2.45) is 0 Å². The summed E-state index contributed by atoms with van der Waals surface area (Å²) >= 11 is 0. The predicted molar refractivity (Wildman–Crippen MR) is 124 cm³/mol. The first-order chi connectivity index (χ1) is 15.6. The summed E-state index contributed by atoms with van der Waals surface area (Å²) < 4.78 is 7.09. The number of nitrogens with one attached hydrogen (secondary N) is 1. The Balaban J connectivity index is 1.36. The minimum Gasteiger partial charge on any atom is -0.454 e. The molecule has 0 aliphatic heterocycles. The number of aryl methyl sites for hydroxylation is 1. The van der Waals surface area contributed by atoms with E-state index in [4.69, 9.17) is 4.74 Å². The molecule has 0 aliphatic carbocycles. The molecule has 0 bridgehead atoms. The van der Waals surface area contributed by atoms with E-state index in [0.717, 1.165) is 28.0 Å². The van der Waals surface area contributed by atoms with Crippen molar-refractivity contribution in [2.75, 3.05) is 11.9 Å². The first kappa shape index (κ1) is 21.3. The molecule has 6 nitrogen and oxygen atoms in total. The third-order valence-electron chi connectivity index (χ3n) is 5.23. The van der Waals surface area contributed by atoms with Gasteiger partial charge in [-0.1, -0.05) is 67.6 Å². The fourth-order valence-electron chi connectivity index (χ4n) is 3.69. The van der Waals surface area contributed by atoms with E-state index in [1.807, 2.05) is 90.4 Å². The van der Waals surface area contributed by atoms with Crippen LogP contribution in [0, 0.1) is 0 Å². The molecule has 0 radical (unpaired) electrons. The molecule has 4 rings (SSSR count). The second-order valence-corrected chi connectivity index (χ2v) is 7.48. The normalized spacial score (nSPS) is 10.8. The van der Waals surface area contributed by atoms with Gasteiger partial charge in [-0.2, -0.15) is 0 Å². The van der Waals surface area contributed by atoms with Gasteiger partial charge in [-0.15, -0.1) is 0 Å². The van der Waals surface area contributed by atoms with E-state index < -0.39 is 5.97 Å². The highest BCUT2D eigenvalue weighted by Gasteiger charge is 2.15. The maximum atomic E-state index is 12.5. The van der Waals surface area contributed by atoms with Crippen molar-refractivity contribution < 1.29 is 14.3 Å². The Labute approximate surface area is 186 Å². The predicted octanol–water partition coefficient (Wildman–Crippen LogP) is 4.37. The minimum atomic E-state index is -0.476. The number of nitrogens with zero attached hydrogens (tertiary/aromatic N) is 2. The van der Waals surface area contributed by atoms with Gasteiger partial charge in [0.25, 0.3) is 5.91 Å². The Hall–Kier alpha value is -3.93. The van der Waals surface area contributed by atoms with Crippen LogP contribution in [0.5, 0.6) is 0 Å². The molecular formula is C26H25N3O3. The first-order valence-corrected chi connectivity index (χ1v) is 10.7. The Morgan fingerprint density at radius 2 is 1.66 bits per heavy atom. The molecule has 1 amide bonds. The Morgan fingerprint density at radius 1 is 0.938 bits per heavy atom. The lowest BCUT2D eigenvalue weighted by atomic mass is 10.0. The van der Waals surface area contributed by atoms with Crippen LogP contribution >= 0.6 is 0 Å². The van der Waals surface area contributed by atoms with Crippen molar-refractivity contribution in [3.05, 3.63) is 95.8 Å². The van der Waals surface area contributed by atoms with Crippen molar-refractivity contribution in [1.82, 2.24) is 9.55 Å². The largest absolute Gasteiger partial charge is 0.454 e. The lowest BCUT2D eigenvalue weighted by molar-refractivity contribution is -0.147. The molecule has 0 fully saturated rings. The molecule has 0 unspecified atom stereocenters. The third-order valence-corrected chi connectivity index (χ3v) is 5.23. The number of para-hydroxylation sites is 3. The topological polar surface area (TPSA) is 73.2 Å². The Morgan fingerprint density at radius 3 is 2.47 bits per heavy atom. The molecule has 0 saturated carbocycles. The zero-order valence-corrected chi connectivity index (χ0v) is 18.0. The van der Waals surface area contributed by atoms with Crippen LogP contribution in [0.1, 0.15) is 23.9 Å². The molecule has 0 saturated heterocycles. The van der Waals surface area contributed by atoms with Gasteiger partial charge >= 0.3 is 5.97 Å². The van der Waals surface area contributed by atoms with Crippen molar-refractivity contribution in [2.45, 2.75) is 26.3 Å². The second kappa shape index (κ2) is 9.92. The molecule has 3 aromatic carbocycles. The highest BCUT2D eigenvalue weighted by molar-refractivity contribution is 5.93. The highest BCUT2D eigenvalue weighted by atomic mass is 16.5. The van der Waals surface area contributed by atoms with Crippen molar-refractivity contribution in [3.63, 3.8) is 0 Å². The van der Waals surface area contributed by atoms with Gasteiger partial charge in [0.05, 0.1) is 11.0 Å². The van der Waals surface area contributed by atoms with E-state index in [2.05, 4.69) is 10.3 Å². The van der Waals surface area contributed by atoms with E-state index in [1.54, 1.807) is 0 Å². The van der Waals surface area contributed by atoms with Gasteiger partial charge in [0.2, 0.25) is 0 Å². The third kappa shape index (κ3) is 5.03. The molecular weight excluding hydrogens is 402 g/mol. The van der Waals surface area contributed by atoms with Crippen LogP contribution in [0.25, 0.3) is 11.0 Å². The Bertz CT molecular complexity index is 1230. The molecule has 32 heavy (non-hydrogen) atoms. The van der Waals surface area contributed by atoms with E-state index in [9.17, 15) is 9.59 Å². The van der Waals surface area contributed by atoms with E-state index >= 15 is 0 Å². The first-order valence-electron chi connectivity index (χ1n) is 10.7. The number of carbonyl (C=O) groups is 2. The van der Waals surface area contributed by atoms with Crippen LogP contribution in [-0.4, -0.2) is 28.0 Å². The molecule has 162 valence electrons. The fraction of sp³-hybridized carbons (Fsp3) is 0.192. The zero-order chi connectivity index (χ0) is 22.3. The molecule has 1 N–H and O–H groups in total. The van der Waals surface area contributed by atoms with Crippen LogP contribution < -0.4 is 5.32 Å². The van der Waals surface area contributed by atoms with Crippen LogP contribution in [-0.2, 0) is 33.7 Å². The van der Waals surface area contributed by atoms with Crippen LogP contribution in [0.3, 0.4) is 0 Å². The molecule has 0 aliphatic rings. The maximum absolute atomic E-state index is 12.5. The number of anilines is 1. The van der Waals surface area contributed by atoms with Gasteiger partial charge < -0.3 is 14.6 Å². The van der Waals surface area contributed by atoms with Gasteiger partial charge in [0.15, 0.2) is 6.61 Å². The average molecular weight is 428 g/mol. The Kier molecular flexibility index (Phi) is 6.60. The number of amides is 1. The number of ether oxygens (including phenoxy) is 1. The summed E-state index contributed by atoms with van der Waals surface area (Å²) in [5.74, 6) is -0.0388. The zero-order valence-electron chi connectivity index (χ0n) is 18.0. The molecule has 4 aromatic rings. The number of fused-ring (bicyclic) bond motifs is 1. The average Bonchev–Trinajstić information content (AvgIpc) is 3.17. The number of hydrogen-bond acceptors (Lipinski definition) is 4.